The second kappa shape index (κ2) is 5.57. The first kappa shape index (κ1) is 13.6. The van der Waals surface area contributed by atoms with E-state index in [1.165, 1.54) is 0 Å². The van der Waals surface area contributed by atoms with Crippen molar-refractivity contribution in [2.45, 2.75) is 51.0 Å². The van der Waals surface area contributed by atoms with Gasteiger partial charge in [0.25, 0.3) is 0 Å². The second-order valence-electron chi connectivity index (χ2n) is 5.71. The Balaban J connectivity index is 1.97. The molecule has 3 nitrogen and oxygen atoms in total. The Morgan fingerprint density at radius 3 is 2.85 bits per heavy atom. The molecule has 1 fully saturated rings. The lowest BCUT2D eigenvalue weighted by Crippen LogP contribution is -2.39. The number of benzene rings is 1. The predicted molar refractivity (Wildman–Crippen MR) is 77.4 cm³/mol. The average Bonchev–Trinajstić information content (AvgIpc) is 2.96. The predicted octanol–water partition coefficient (Wildman–Crippen LogP) is 3.54. The lowest BCUT2D eigenvalue weighted by atomic mass is 9.88. The van der Waals surface area contributed by atoms with Crippen LogP contribution in [-0.4, -0.2) is 24.6 Å². The standard InChI is InChI=1S/C17H22O3/c1-2-20-17(10-3-4-11-17)16(18)14-9-5-7-13-8-6-12-19-15(13)14/h5,7,9H,2-4,6,8,10-12H2,1H3. The third kappa shape index (κ3) is 2.24. The first-order valence-corrected chi connectivity index (χ1v) is 7.70. The van der Waals surface area contributed by atoms with Gasteiger partial charge in [0.2, 0.25) is 0 Å². The molecule has 1 aromatic carbocycles. The monoisotopic (exact) mass is 274 g/mol. The quantitative estimate of drug-likeness (QED) is 0.788. The Morgan fingerprint density at radius 1 is 1.30 bits per heavy atom. The maximum Gasteiger partial charge on any atom is 0.198 e. The lowest BCUT2D eigenvalue weighted by Gasteiger charge is -2.29. The average molecular weight is 274 g/mol. The number of fused-ring (bicyclic) bond motifs is 1. The normalized spacial score (nSPS) is 20.2. The molecule has 0 saturated heterocycles. The van der Waals surface area contributed by atoms with E-state index in [9.17, 15) is 4.79 Å². The van der Waals surface area contributed by atoms with E-state index in [-0.39, 0.29) is 5.78 Å². The Hall–Kier alpha value is -1.35. The van der Waals surface area contributed by atoms with Gasteiger partial charge in [0.1, 0.15) is 11.4 Å². The number of hydrogen-bond donors (Lipinski definition) is 0. The van der Waals surface area contributed by atoms with E-state index in [4.69, 9.17) is 9.47 Å². The number of rotatable bonds is 4. The minimum absolute atomic E-state index is 0.121. The first-order valence-electron chi connectivity index (χ1n) is 7.70. The Morgan fingerprint density at radius 2 is 2.10 bits per heavy atom. The summed E-state index contributed by atoms with van der Waals surface area (Å²) < 4.78 is 11.7. The van der Waals surface area contributed by atoms with E-state index in [1.54, 1.807) is 0 Å². The van der Waals surface area contributed by atoms with Gasteiger partial charge in [0.15, 0.2) is 5.78 Å². The molecule has 0 bridgehead atoms. The number of ketones is 1. The molecular weight excluding hydrogens is 252 g/mol. The van der Waals surface area contributed by atoms with E-state index >= 15 is 0 Å². The van der Waals surface area contributed by atoms with Gasteiger partial charge in [-0.2, -0.15) is 0 Å². The van der Waals surface area contributed by atoms with E-state index < -0.39 is 5.60 Å². The molecule has 1 aliphatic carbocycles. The highest BCUT2D eigenvalue weighted by atomic mass is 16.5. The van der Waals surface area contributed by atoms with Gasteiger partial charge in [-0.25, -0.2) is 0 Å². The maximum absolute atomic E-state index is 13.0. The molecule has 20 heavy (non-hydrogen) atoms. The van der Waals surface area contributed by atoms with Crippen LogP contribution in [0.1, 0.15) is 54.9 Å². The zero-order chi connectivity index (χ0) is 14.0. The van der Waals surface area contributed by atoms with Crippen molar-refractivity contribution >= 4 is 5.78 Å². The Labute approximate surface area is 120 Å². The van der Waals surface area contributed by atoms with Crippen LogP contribution in [0.15, 0.2) is 18.2 Å². The minimum atomic E-state index is -0.606. The highest BCUT2D eigenvalue weighted by Gasteiger charge is 2.43. The molecule has 0 spiro atoms. The number of aryl methyl sites for hydroxylation is 1. The molecule has 0 N–H and O–H groups in total. The van der Waals surface area contributed by atoms with Crippen molar-refractivity contribution in [1.82, 2.24) is 0 Å². The van der Waals surface area contributed by atoms with Crippen LogP contribution in [0, 0.1) is 0 Å². The summed E-state index contributed by atoms with van der Waals surface area (Å²) in [5.74, 6) is 0.922. The van der Waals surface area contributed by atoms with Crippen molar-refractivity contribution in [3.8, 4) is 5.75 Å². The van der Waals surface area contributed by atoms with Crippen molar-refractivity contribution in [3.63, 3.8) is 0 Å². The Bertz CT molecular complexity index is 501. The minimum Gasteiger partial charge on any atom is -0.493 e. The van der Waals surface area contributed by atoms with Gasteiger partial charge in [-0.1, -0.05) is 12.1 Å². The molecule has 0 unspecified atom stereocenters. The van der Waals surface area contributed by atoms with Crippen LogP contribution in [-0.2, 0) is 11.2 Å². The molecule has 108 valence electrons. The summed E-state index contributed by atoms with van der Waals surface area (Å²) in [6.07, 6.45) is 5.84. The fourth-order valence-corrected chi connectivity index (χ4v) is 3.47. The summed E-state index contributed by atoms with van der Waals surface area (Å²) in [7, 11) is 0. The molecule has 0 aromatic heterocycles. The van der Waals surface area contributed by atoms with Crippen molar-refractivity contribution in [3.05, 3.63) is 29.3 Å². The third-order valence-electron chi connectivity index (χ3n) is 4.42. The van der Waals surface area contributed by atoms with Crippen LogP contribution < -0.4 is 4.74 Å². The fraction of sp³-hybridized carbons (Fsp3) is 0.588. The van der Waals surface area contributed by atoms with Gasteiger partial charge in [0, 0.05) is 6.61 Å². The number of carbonyl (C=O) groups excluding carboxylic acids is 1. The van der Waals surface area contributed by atoms with Crippen LogP contribution in [0.4, 0.5) is 0 Å². The van der Waals surface area contributed by atoms with Gasteiger partial charge in [-0.3, -0.25) is 4.79 Å². The van der Waals surface area contributed by atoms with Crippen LogP contribution >= 0.6 is 0 Å². The topological polar surface area (TPSA) is 35.5 Å². The maximum atomic E-state index is 13.0. The van der Waals surface area contributed by atoms with E-state index in [0.717, 1.165) is 55.4 Å². The molecule has 0 radical (unpaired) electrons. The summed E-state index contributed by atoms with van der Waals surface area (Å²) in [4.78, 5) is 13.0. The van der Waals surface area contributed by atoms with Crippen molar-refractivity contribution in [2.24, 2.45) is 0 Å². The molecule has 0 atom stereocenters. The van der Waals surface area contributed by atoms with E-state index in [2.05, 4.69) is 6.07 Å². The highest BCUT2D eigenvalue weighted by molar-refractivity contribution is 6.05. The number of hydrogen-bond acceptors (Lipinski definition) is 3. The zero-order valence-corrected chi connectivity index (χ0v) is 12.1. The lowest BCUT2D eigenvalue weighted by molar-refractivity contribution is -0.0166. The number of para-hydroxylation sites is 1. The first-order chi connectivity index (χ1) is 9.77. The van der Waals surface area contributed by atoms with E-state index in [1.807, 2.05) is 19.1 Å². The molecule has 1 aliphatic heterocycles. The van der Waals surface area contributed by atoms with Gasteiger partial charge >= 0.3 is 0 Å². The fourth-order valence-electron chi connectivity index (χ4n) is 3.47. The largest absolute Gasteiger partial charge is 0.493 e. The molecule has 0 amide bonds. The third-order valence-corrected chi connectivity index (χ3v) is 4.42. The van der Waals surface area contributed by atoms with Crippen molar-refractivity contribution in [2.75, 3.05) is 13.2 Å². The summed E-state index contributed by atoms with van der Waals surface area (Å²) in [5.41, 5.74) is 1.27. The summed E-state index contributed by atoms with van der Waals surface area (Å²) in [5, 5.41) is 0. The van der Waals surface area contributed by atoms with Crippen molar-refractivity contribution in [1.29, 1.82) is 0 Å². The zero-order valence-electron chi connectivity index (χ0n) is 12.1. The summed E-state index contributed by atoms with van der Waals surface area (Å²) in [6, 6.07) is 5.92. The smallest absolute Gasteiger partial charge is 0.198 e. The Kier molecular flexibility index (Phi) is 3.79. The molecule has 2 aliphatic rings. The molecular formula is C17H22O3. The molecule has 1 heterocycles. The molecule has 3 heteroatoms. The summed E-state index contributed by atoms with van der Waals surface area (Å²) in [6.45, 7) is 3.25. The van der Waals surface area contributed by atoms with Gasteiger partial charge < -0.3 is 9.47 Å². The molecule has 1 saturated carbocycles. The van der Waals surface area contributed by atoms with Crippen LogP contribution in [0.5, 0.6) is 5.75 Å². The highest BCUT2D eigenvalue weighted by Crippen LogP contribution is 2.39. The van der Waals surface area contributed by atoms with Crippen molar-refractivity contribution < 1.29 is 14.3 Å². The van der Waals surface area contributed by atoms with Crippen LogP contribution in [0.25, 0.3) is 0 Å². The van der Waals surface area contributed by atoms with E-state index in [0.29, 0.717) is 13.2 Å². The molecule has 3 rings (SSSR count). The van der Waals surface area contributed by atoms with Crippen LogP contribution in [0.2, 0.25) is 0 Å². The number of Topliss-reactive ketones (excluding diaryl/α,β-unsaturated/α-hetero) is 1. The summed E-state index contributed by atoms with van der Waals surface area (Å²) >= 11 is 0. The molecule has 1 aromatic rings. The number of ether oxygens (including phenoxy) is 2. The van der Waals surface area contributed by atoms with Gasteiger partial charge in [0.05, 0.1) is 12.2 Å². The van der Waals surface area contributed by atoms with Crippen LogP contribution in [0.3, 0.4) is 0 Å². The number of carbonyl (C=O) groups is 1. The van der Waals surface area contributed by atoms with Gasteiger partial charge in [-0.15, -0.1) is 0 Å². The second-order valence-corrected chi connectivity index (χ2v) is 5.71. The SMILES string of the molecule is CCOC1(C(=O)c2cccc3c2OCCC3)CCCC1. The van der Waals surface area contributed by atoms with Gasteiger partial charge in [-0.05, 0) is 57.1 Å².